The maximum absolute atomic E-state index is 10.9. The number of carboxylic acids is 1. The average Bonchev–Trinajstić information content (AvgIpc) is 2.39. The van der Waals surface area contributed by atoms with E-state index >= 15 is 0 Å². The Bertz CT molecular complexity index is 587. The van der Waals surface area contributed by atoms with Crippen LogP contribution in [-0.2, 0) is 0 Å². The summed E-state index contributed by atoms with van der Waals surface area (Å²) in [5.41, 5.74) is 1.20. The number of halogens is 1. The molecule has 2 aromatic rings. The van der Waals surface area contributed by atoms with E-state index in [1.54, 1.807) is 0 Å². The molecule has 0 saturated carbocycles. The highest BCUT2D eigenvalue weighted by Gasteiger charge is 2.10. The van der Waals surface area contributed by atoms with Gasteiger partial charge < -0.3 is 10.4 Å². The van der Waals surface area contributed by atoms with Crippen molar-refractivity contribution in [3.8, 4) is 0 Å². The number of aromatic nitrogens is 1. The Morgan fingerprint density at radius 2 is 2.00 bits per heavy atom. The zero-order valence-electron chi connectivity index (χ0n) is 10.3. The first-order chi connectivity index (χ1) is 9.06. The number of benzene rings is 1. The minimum Gasteiger partial charge on any atom is -0.478 e. The smallest absolute Gasteiger partial charge is 0.335 e. The van der Waals surface area contributed by atoms with Gasteiger partial charge in [0.1, 0.15) is 11.0 Å². The standard InChI is InChI=1S/C14H13ClN2O2/c1-9(10-5-3-2-4-6-10)16-13-8-11(14(18)19)7-12(15)17-13/h2-9H,1H3,(H,16,17)(H,18,19). The molecule has 1 aromatic heterocycles. The van der Waals surface area contributed by atoms with E-state index in [9.17, 15) is 4.79 Å². The Kier molecular flexibility index (Phi) is 4.02. The molecule has 0 bridgehead atoms. The van der Waals surface area contributed by atoms with Crippen LogP contribution in [-0.4, -0.2) is 16.1 Å². The molecule has 1 heterocycles. The molecule has 1 unspecified atom stereocenters. The maximum Gasteiger partial charge on any atom is 0.335 e. The largest absolute Gasteiger partial charge is 0.478 e. The lowest BCUT2D eigenvalue weighted by Gasteiger charge is -2.15. The highest BCUT2D eigenvalue weighted by atomic mass is 35.5. The van der Waals surface area contributed by atoms with E-state index in [4.69, 9.17) is 16.7 Å². The summed E-state index contributed by atoms with van der Waals surface area (Å²) in [6.07, 6.45) is 0. The first-order valence-corrected chi connectivity index (χ1v) is 6.16. The number of carbonyl (C=O) groups is 1. The summed E-state index contributed by atoms with van der Waals surface area (Å²) in [5, 5.41) is 12.3. The lowest BCUT2D eigenvalue weighted by molar-refractivity contribution is 0.0697. The summed E-state index contributed by atoms with van der Waals surface area (Å²) < 4.78 is 0. The van der Waals surface area contributed by atoms with Gasteiger partial charge in [0, 0.05) is 6.04 Å². The highest BCUT2D eigenvalue weighted by molar-refractivity contribution is 6.29. The van der Waals surface area contributed by atoms with Gasteiger partial charge in [0.25, 0.3) is 0 Å². The van der Waals surface area contributed by atoms with E-state index in [1.807, 2.05) is 37.3 Å². The molecule has 0 spiro atoms. The quantitative estimate of drug-likeness (QED) is 0.838. The Labute approximate surface area is 116 Å². The molecule has 4 nitrogen and oxygen atoms in total. The van der Waals surface area contributed by atoms with Gasteiger partial charge in [0.2, 0.25) is 0 Å². The number of anilines is 1. The molecule has 19 heavy (non-hydrogen) atoms. The van der Waals surface area contributed by atoms with Gasteiger partial charge in [0.05, 0.1) is 5.56 Å². The number of hydrogen-bond acceptors (Lipinski definition) is 3. The topological polar surface area (TPSA) is 62.2 Å². The van der Waals surface area contributed by atoms with Gasteiger partial charge in [-0.15, -0.1) is 0 Å². The third-order valence-corrected chi connectivity index (χ3v) is 2.90. The van der Waals surface area contributed by atoms with Crippen LogP contribution in [0.4, 0.5) is 5.82 Å². The number of pyridine rings is 1. The lowest BCUT2D eigenvalue weighted by atomic mass is 10.1. The summed E-state index contributed by atoms with van der Waals surface area (Å²) in [4.78, 5) is 15.0. The van der Waals surface area contributed by atoms with E-state index < -0.39 is 5.97 Å². The third kappa shape index (κ3) is 3.45. The highest BCUT2D eigenvalue weighted by Crippen LogP contribution is 2.20. The van der Waals surface area contributed by atoms with Crippen molar-refractivity contribution in [2.24, 2.45) is 0 Å². The summed E-state index contributed by atoms with van der Waals surface area (Å²) in [5.74, 6) is -0.582. The van der Waals surface area contributed by atoms with Crippen LogP contribution in [0.2, 0.25) is 5.15 Å². The van der Waals surface area contributed by atoms with Crippen LogP contribution in [0.5, 0.6) is 0 Å². The van der Waals surface area contributed by atoms with Crippen molar-refractivity contribution in [3.05, 3.63) is 58.7 Å². The van der Waals surface area contributed by atoms with Crippen LogP contribution in [0.3, 0.4) is 0 Å². The first kappa shape index (κ1) is 13.4. The Balaban J connectivity index is 2.21. The molecule has 2 N–H and O–H groups in total. The molecule has 0 radical (unpaired) electrons. The van der Waals surface area contributed by atoms with Gasteiger partial charge in [-0.2, -0.15) is 0 Å². The number of rotatable bonds is 4. The lowest BCUT2D eigenvalue weighted by Crippen LogP contribution is -2.09. The maximum atomic E-state index is 10.9. The molecule has 2 rings (SSSR count). The van der Waals surface area contributed by atoms with Gasteiger partial charge in [-0.1, -0.05) is 41.9 Å². The summed E-state index contributed by atoms with van der Waals surface area (Å²) in [6.45, 7) is 1.97. The molecule has 0 aliphatic carbocycles. The van der Waals surface area contributed by atoms with Gasteiger partial charge in [-0.25, -0.2) is 9.78 Å². The molecule has 98 valence electrons. The Morgan fingerprint density at radius 3 is 2.63 bits per heavy atom. The van der Waals surface area contributed by atoms with Crippen molar-refractivity contribution in [2.45, 2.75) is 13.0 Å². The minimum absolute atomic E-state index is 0.00816. The number of nitrogens with zero attached hydrogens (tertiary/aromatic N) is 1. The van der Waals surface area contributed by atoms with Crippen molar-refractivity contribution >= 4 is 23.4 Å². The van der Waals surface area contributed by atoms with Gasteiger partial charge >= 0.3 is 5.97 Å². The second kappa shape index (κ2) is 5.71. The zero-order valence-corrected chi connectivity index (χ0v) is 11.1. The second-order valence-electron chi connectivity index (χ2n) is 4.15. The fraction of sp³-hybridized carbons (Fsp3) is 0.143. The summed E-state index contributed by atoms with van der Waals surface area (Å²) in [6, 6.07) is 12.6. The number of nitrogens with one attached hydrogen (secondary N) is 1. The van der Waals surface area contributed by atoms with E-state index in [0.29, 0.717) is 5.82 Å². The summed E-state index contributed by atoms with van der Waals surface area (Å²) in [7, 11) is 0. The van der Waals surface area contributed by atoms with Crippen molar-refractivity contribution in [1.82, 2.24) is 4.98 Å². The van der Waals surface area contributed by atoms with E-state index in [2.05, 4.69) is 10.3 Å². The number of aromatic carboxylic acids is 1. The SMILES string of the molecule is CC(Nc1cc(C(=O)O)cc(Cl)n1)c1ccccc1. The zero-order chi connectivity index (χ0) is 13.8. The molecule has 0 saturated heterocycles. The monoisotopic (exact) mass is 276 g/mol. The van der Waals surface area contributed by atoms with E-state index in [1.165, 1.54) is 12.1 Å². The predicted octanol–water partition coefficient (Wildman–Crippen LogP) is 3.61. The molecular weight excluding hydrogens is 264 g/mol. The fourth-order valence-corrected chi connectivity index (χ4v) is 1.95. The van der Waals surface area contributed by atoms with Crippen molar-refractivity contribution < 1.29 is 9.90 Å². The fourth-order valence-electron chi connectivity index (χ4n) is 1.74. The van der Waals surface area contributed by atoms with Crippen LogP contribution < -0.4 is 5.32 Å². The number of carboxylic acid groups (broad SMARTS) is 1. The van der Waals surface area contributed by atoms with Crippen LogP contribution in [0.25, 0.3) is 0 Å². The van der Waals surface area contributed by atoms with Crippen LogP contribution in [0, 0.1) is 0 Å². The first-order valence-electron chi connectivity index (χ1n) is 5.78. The van der Waals surface area contributed by atoms with Crippen molar-refractivity contribution in [1.29, 1.82) is 0 Å². The molecule has 0 fully saturated rings. The summed E-state index contributed by atoms with van der Waals surface area (Å²) >= 11 is 5.81. The molecule has 0 aliphatic heterocycles. The molecule has 5 heteroatoms. The van der Waals surface area contributed by atoms with Gasteiger partial charge in [-0.3, -0.25) is 0 Å². The Morgan fingerprint density at radius 1 is 1.32 bits per heavy atom. The van der Waals surface area contributed by atoms with Gasteiger partial charge in [0.15, 0.2) is 0 Å². The normalized spacial score (nSPS) is 11.9. The molecular formula is C14H13ClN2O2. The van der Waals surface area contributed by atoms with Gasteiger partial charge in [-0.05, 0) is 24.6 Å². The van der Waals surface area contributed by atoms with Crippen molar-refractivity contribution in [3.63, 3.8) is 0 Å². The average molecular weight is 277 g/mol. The molecule has 1 aromatic carbocycles. The van der Waals surface area contributed by atoms with Crippen LogP contribution >= 0.6 is 11.6 Å². The number of hydrogen-bond donors (Lipinski definition) is 2. The minimum atomic E-state index is -1.03. The van der Waals surface area contributed by atoms with Crippen molar-refractivity contribution in [2.75, 3.05) is 5.32 Å². The van der Waals surface area contributed by atoms with E-state index in [-0.39, 0.29) is 16.8 Å². The third-order valence-electron chi connectivity index (χ3n) is 2.70. The second-order valence-corrected chi connectivity index (χ2v) is 4.53. The van der Waals surface area contributed by atoms with Crippen LogP contribution in [0.15, 0.2) is 42.5 Å². The Hall–Kier alpha value is -2.07. The van der Waals surface area contributed by atoms with E-state index in [0.717, 1.165) is 5.56 Å². The van der Waals surface area contributed by atoms with Crippen LogP contribution in [0.1, 0.15) is 28.9 Å². The predicted molar refractivity (Wildman–Crippen MR) is 74.7 cm³/mol. The molecule has 1 atom stereocenters. The molecule has 0 amide bonds. The molecule has 0 aliphatic rings.